The van der Waals surface area contributed by atoms with Gasteiger partial charge in [-0.05, 0) is 46.3 Å². The Hall–Kier alpha value is -1.86. The van der Waals surface area contributed by atoms with E-state index >= 15 is 0 Å². The molecule has 0 bridgehead atoms. The summed E-state index contributed by atoms with van der Waals surface area (Å²) < 4.78 is 1.69. The maximum Gasteiger partial charge on any atom is 0.255 e. The third-order valence-electron chi connectivity index (χ3n) is 2.73. The predicted molar refractivity (Wildman–Crippen MR) is 88.7 cm³/mol. The van der Waals surface area contributed by atoms with Crippen LogP contribution in [-0.4, -0.2) is 17.0 Å². The number of oxime groups is 1. The van der Waals surface area contributed by atoms with E-state index in [0.717, 1.165) is 8.95 Å². The molecule has 2 aromatic rings. The smallest absolute Gasteiger partial charge is 0.255 e. The number of hydrogen-bond acceptors (Lipinski definition) is 3. The minimum absolute atomic E-state index is 0.00221. The van der Waals surface area contributed by atoms with E-state index in [0.29, 0.717) is 16.8 Å². The van der Waals surface area contributed by atoms with Crippen LogP contribution in [0.5, 0.6) is 0 Å². The van der Waals surface area contributed by atoms with Gasteiger partial charge in [-0.15, -0.1) is 0 Å². The molecule has 7 heteroatoms. The molecule has 0 spiro atoms. The number of carbonyl (C=O) groups excluding carboxylic acids is 1. The first kappa shape index (κ1) is 15.5. The molecule has 0 heterocycles. The minimum atomic E-state index is -0.246. The van der Waals surface area contributed by atoms with Crippen LogP contribution in [0.2, 0.25) is 0 Å². The van der Waals surface area contributed by atoms with Crippen molar-refractivity contribution in [2.75, 3.05) is 5.32 Å². The van der Waals surface area contributed by atoms with Gasteiger partial charge in [0.2, 0.25) is 0 Å². The first-order valence-corrected chi connectivity index (χ1v) is 7.44. The fourth-order valence-corrected chi connectivity index (χ4v) is 2.78. The zero-order chi connectivity index (χ0) is 15.4. The summed E-state index contributed by atoms with van der Waals surface area (Å²) in [5, 5.41) is 14.3. The van der Waals surface area contributed by atoms with Gasteiger partial charge in [-0.3, -0.25) is 4.79 Å². The number of halogens is 2. The van der Waals surface area contributed by atoms with E-state index in [1.807, 2.05) is 12.1 Å². The second-order valence-corrected chi connectivity index (χ2v) is 5.91. The highest BCUT2D eigenvalue weighted by molar-refractivity contribution is 9.11. The molecule has 21 heavy (non-hydrogen) atoms. The molecular weight excluding hydrogens is 402 g/mol. The van der Waals surface area contributed by atoms with Crippen molar-refractivity contribution in [2.24, 2.45) is 10.9 Å². The highest BCUT2D eigenvalue weighted by atomic mass is 79.9. The molecule has 5 nitrogen and oxygen atoms in total. The second-order valence-electron chi connectivity index (χ2n) is 4.14. The lowest BCUT2D eigenvalue weighted by atomic mass is 10.1. The normalized spacial score (nSPS) is 11.2. The average molecular weight is 413 g/mol. The summed E-state index contributed by atoms with van der Waals surface area (Å²) in [6, 6.07) is 11.9. The van der Waals surface area contributed by atoms with Crippen molar-refractivity contribution in [3.8, 4) is 0 Å². The van der Waals surface area contributed by atoms with E-state index < -0.39 is 0 Å². The average Bonchev–Trinajstić information content (AvgIpc) is 2.49. The number of nitrogens with zero attached hydrogens (tertiary/aromatic N) is 1. The number of amidine groups is 1. The van der Waals surface area contributed by atoms with Crippen LogP contribution >= 0.6 is 31.9 Å². The summed E-state index contributed by atoms with van der Waals surface area (Å²) in [5.74, 6) is -0.248. The van der Waals surface area contributed by atoms with E-state index in [1.165, 1.54) is 0 Å². The fraction of sp³-hybridized carbons (Fsp3) is 0. The Labute approximate surface area is 138 Å². The van der Waals surface area contributed by atoms with E-state index in [9.17, 15) is 4.79 Å². The molecule has 108 valence electrons. The standard InChI is InChI=1S/C14H11Br2N3O2/c15-10-5-6-12(11(16)7-10)18-14(20)9-3-1-8(2-4-9)13(17)19-21/h1-7,21H,(H2,17,19)(H,18,20). The van der Waals surface area contributed by atoms with Gasteiger partial charge >= 0.3 is 0 Å². The largest absolute Gasteiger partial charge is 0.409 e. The summed E-state index contributed by atoms with van der Waals surface area (Å²) in [4.78, 5) is 12.1. The lowest BCUT2D eigenvalue weighted by Gasteiger charge is -2.08. The van der Waals surface area contributed by atoms with Crippen LogP contribution in [0.1, 0.15) is 15.9 Å². The van der Waals surface area contributed by atoms with Gasteiger partial charge in [0.05, 0.1) is 5.69 Å². The Balaban J connectivity index is 2.17. The van der Waals surface area contributed by atoms with E-state index in [-0.39, 0.29) is 11.7 Å². The van der Waals surface area contributed by atoms with Gasteiger partial charge in [0.1, 0.15) is 0 Å². The van der Waals surface area contributed by atoms with Crippen LogP contribution < -0.4 is 11.1 Å². The Morgan fingerprint density at radius 3 is 2.29 bits per heavy atom. The number of rotatable bonds is 3. The molecule has 0 aromatic heterocycles. The molecule has 2 rings (SSSR count). The zero-order valence-electron chi connectivity index (χ0n) is 10.7. The van der Waals surface area contributed by atoms with Crippen LogP contribution in [0.25, 0.3) is 0 Å². The number of amides is 1. The molecule has 0 aliphatic carbocycles. The van der Waals surface area contributed by atoms with Crippen LogP contribution in [0.3, 0.4) is 0 Å². The SMILES string of the molecule is NC(=NO)c1ccc(C(=O)Nc2ccc(Br)cc2Br)cc1. The first-order valence-electron chi connectivity index (χ1n) is 5.85. The van der Waals surface area contributed by atoms with Gasteiger partial charge in [-0.1, -0.05) is 33.2 Å². The Kier molecular flexibility index (Phi) is 4.98. The van der Waals surface area contributed by atoms with E-state index in [4.69, 9.17) is 10.9 Å². The van der Waals surface area contributed by atoms with Crippen molar-refractivity contribution < 1.29 is 10.0 Å². The summed E-state index contributed by atoms with van der Waals surface area (Å²) >= 11 is 6.73. The Bertz CT molecular complexity index is 700. The van der Waals surface area contributed by atoms with Gasteiger partial charge in [-0.25, -0.2) is 0 Å². The van der Waals surface area contributed by atoms with Gasteiger partial charge in [0.15, 0.2) is 5.84 Å². The number of benzene rings is 2. The molecule has 0 aliphatic rings. The summed E-state index contributed by atoms with van der Waals surface area (Å²) in [5.41, 5.74) is 7.15. The number of carbonyl (C=O) groups is 1. The quantitative estimate of drug-likeness (QED) is 0.311. The molecule has 0 aliphatic heterocycles. The monoisotopic (exact) mass is 411 g/mol. The van der Waals surface area contributed by atoms with Gasteiger partial charge in [-0.2, -0.15) is 0 Å². The fourth-order valence-electron chi connectivity index (χ4n) is 1.64. The van der Waals surface area contributed by atoms with Gasteiger partial charge < -0.3 is 16.3 Å². The summed E-state index contributed by atoms with van der Waals surface area (Å²) in [6.07, 6.45) is 0. The second kappa shape index (κ2) is 6.73. The van der Waals surface area contributed by atoms with Crippen LogP contribution in [0.4, 0.5) is 5.69 Å². The molecule has 1 amide bonds. The molecular formula is C14H11Br2N3O2. The molecule has 4 N–H and O–H groups in total. The highest BCUT2D eigenvalue weighted by Gasteiger charge is 2.09. The minimum Gasteiger partial charge on any atom is -0.409 e. The van der Waals surface area contributed by atoms with Crippen LogP contribution in [0.15, 0.2) is 56.6 Å². The number of anilines is 1. The molecule has 0 radical (unpaired) electrons. The summed E-state index contributed by atoms with van der Waals surface area (Å²) in [7, 11) is 0. The van der Waals surface area contributed by atoms with E-state index in [1.54, 1.807) is 30.3 Å². The lowest BCUT2D eigenvalue weighted by Crippen LogP contribution is -2.15. The number of hydrogen-bond donors (Lipinski definition) is 3. The molecule has 0 fully saturated rings. The third-order valence-corrected chi connectivity index (χ3v) is 3.88. The van der Waals surface area contributed by atoms with Crippen molar-refractivity contribution in [2.45, 2.75) is 0 Å². The molecule has 2 aromatic carbocycles. The van der Waals surface area contributed by atoms with Crippen LogP contribution in [-0.2, 0) is 0 Å². The Morgan fingerprint density at radius 1 is 1.10 bits per heavy atom. The van der Waals surface area contributed by atoms with Crippen molar-refractivity contribution in [3.63, 3.8) is 0 Å². The summed E-state index contributed by atoms with van der Waals surface area (Å²) in [6.45, 7) is 0. The number of nitrogens with one attached hydrogen (secondary N) is 1. The van der Waals surface area contributed by atoms with Crippen molar-refractivity contribution >= 4 is 49.3 Å². The van der Waals surface area contributed by atoms with Gasteiger partial charge in [0, 0.05) is 20.1 Å². The predicted octanol–water partition coefficient (Wildman–Crippen LogP) is 3.56. The first-order chi connectivity index (χ1) is 10.0. The molecule has 0 saturated heterocycles. The van der Waals surface area contributed by atoms with Crippen LogP contribution in [0, 0.1) is 0 Å². The molecule has 0 atom stereocenters. The van der Waals surface area contributed by atoms with Crippen molar-refractivity contribution in [3.05, 3.63) is 62.5 Å². The van der Waals surface area contributed by atoms with E-state index in [2.05, 4.69) is 42.3 Å². The van der Waals surface area contributed by atoms with Crippen molar-refractivity contribution in [1.29, 1.82) is 0 Å². The molecule has 0 saturated carbocycles. The highest BCUT2D eigenvalue weighted by Crippen LogP contribution is 2.26. The maximum absolute atomic E-state index is 12.1. The zero-order valence-corrected chi connectivity index (χ0v) is 13.8. The maximum atomic E-state index is 12.1. The van der Waals surface area contributed by atoms with Gasteiger partial charge in [0.25, 0.3) is 5.91 Å². The third kappa shape index (κ3) is 3.83. The lowest BCUT2D eigenvalue weighted by molar-refractivity contribution is 0.102. The van der Waals surface area contributed by atoms with Crippen molar-refractivity contribution in [1.82, 2.24) is 0 Å². The topological polar surface area (TPSA) is 87.7 Å². The number of nitrogens with two attached hydrogens (primary N) is 1. The molecule has 0 unspecified atom stereocenters. The Morgan fingerprint density at radius 2 is 1.71 bits per heavy atom.